The van der Waals surface area contributed by atoms with Gasteiger partial charge in [0.1, 0.15) is 11.9 Å². The highest BCUT2D eigenvalue weighted by atomic mass is 16.5. The van der Waals surface area contributed by atoms with Gasteiger partial charge < -0.3 is 9.47 Å². The van der Waals surface area contributed by atoms with Gasteiger partial charge >= 0.3 is 0 Å². The van der Waals surface area contributed by atoms with Crippen LogP contribution in [0.25, 0.3) is 5.65 Å². The van der Waals surface area contributed by atoms with Crippen molar-refractivity contribution in [2.75, 3.05) is 13.7 Å². The monoisotopic (exact) mass is 219 g/mol. The quantitative estimate of drug-likeness (QED) is 0.769. The maximum absolute atomic E-state index is 5.56. The lowest BCUT2D eigenvalue weighted by Gasteiger charge is -2.01. The summed E-state index contributed by atoms with van der Waals surface area (Å²) >= 11 is 0. The lowest BCUT2D eigenvalue weighted by atomic mass is 10.2. The lowest BCUT2D eigenvalue weighted by molar-refractivity contribution is 0.105. The molecule has 1 saturated heterocycles. The number of nitrogens with zero attached hydrogens (tertiary/aromatic N) is 3. The smallest absolute Gasteiger partial charge is 0.180 e. The molecule has 1 unspecified atom stereocenters. The van der Waals surface area contributed by atoms with Gasteiger partial charge in [-0.3, -0.25) is 0 Å². The zero-order valence-electron chi connectivity index (χ0n) is 9.09. The Morgan fingerprint density at radius 1 is 1.56 bits per heavy atom. The molecule has 5 heteroatoms. The second-order valence-corrected chi connectivity index (χ2v) is 3.84. The van der Waals surface area contributed by atoms with Crippen molar-refractivity contribution in [3.8, 4) is 5.75 Å². The van der Waals surface area contributed by atoms with Crippen molar-refractivity contribution in [3.63, 3.8) is 0 Å². The van der Waals surface area contributed by atoms with Gasteiger partial charge in [0.2, 0.25) is 0 Å². The van der Waals surface area contributed by atoms with E-state index in [-0.39, 0.29) is 6.10 Å². The molecule has 0 radical (unpaired) electrons. The van der Waals surface area contributed by atoms with E-state index in [0.29, 0.717) is 0 Å². The summed E-state index contributed by atoms with van der Waals surface area (Å²) in [5.41, 5.74) is 0.796. The van der Waals surface area contributed by atoms with Crippen LogP contribution in [0.2, 0.25) is 0 Å². The SMILES string of the molecule is COc1ccn2nc(C3CCCO3)nc2c1. The minimum atomic E-state index is 0.0610. The van der Waals surface area contributed by atoms with Crippen molar-refractivity contribution in [2.45, 2.75) is 18.9 Å². The van der Waals surface area contributed by atoms with Crippen LogP contribution in [0.15, 0.2) is 18.3 Å². The number of ether oxygens (including phenoxy) is 2. The summed E-state index contributed by atoms with van der Waals surface area (Å²) in [4.78, 5) is 4.45. The number of hydrogen-bond acceptors (Lipinski definition) is 4. The van der Waals surface area contributed by atoms with Crippen LogP contribution < -0.4 is 4.74 Å². The van der Waals surface area contributed by atoms with E-state index in [4.69, 9.17) is 9.47 Å². The van der Waals surface area contributed by atoms with Gasteiger partial charge in [0.15, 0.2) is 11.5 Å². The topological polar surface area (TPSA) is 48.7 Å². The van der Waals surface area contributed by atoms with E-state index < -0.39 is 0 Å². The number of pyridine rings is 1. The van der Waals surface area contributed by atoms with Crippen LogP contribution in [0, 0.1) is 0 Å². The molecule has 84 valence electrons. The van der Waals surface area contributed by atoms with E-state index in [2.05, 4.69) is 10.1 Å². The maximum atomic E-state index is 5.56. The third-order valence-corrected chi connectivity index (χ3v) is 2.78. The predicted molar refractivity (Wildman–Crippen MR) is 57.5 cm³/mol. The van der Waals surface area contributed by atoms with Gasteiger partial charge in [0.25, 0.3) is 0 Å². The van der Waals surface area contributed by atoms with Crippen molar-refractivity contribution >= 4 is 5.65 Å². The molecule has 5 nitrogen and oxygen atoms in total. The molecule has 1 fully saturated rings. The molecular weight excluding hydrogens is 206 g/mol. The van der Waals surface area contributed by atoms with Crippen LogP contribution in [-0.4, -0.2) is 28.3 Å². The second kappa shape index (κ2) is 3.75. The number of fused-ring (bicyclic) bond motifs is 1. The van der Waals surface area contributed by atoms with Crippen molar-refractivity contribution in [3.05, 3.63) is 24.2 Å². The van der Waals surface area contributed by atoms with Crippen LogP contribution in [0.4, 0.5) is 0 Å². The first-order chi connectivity index (χ1) is 7.86. The molecule has 3 rings (SSSR count). The highest BCUT2D eigenvalue weighted by Crippen LogP contribution is 2.26. The van der Waals surface area contributed by atoms with Gasteiger partial charge in [-0.05, 0) is 18.9 Å². The third kappa shape index (κ3) is 1.53. The zero-order chi connectivity index (χ0) is 11.0. The molecule has 0 amide bonds. The summed E-state index contributed by atoms with van der Waals surface area (Å²) in [6, 6.07) is 3.73. The van der Waals surface area contributed by atoms with Crippen LogP contribution in [0.5, 0.6) is 5.75 Å². The van der Waals surface area contributed by atoms with Gasteiger partial charge in [0, 0.05) is 18.9 Å². The zero-order valence-corrected chi connectivity index (χ0v) is 9.09. The first-order valence-corrected chi connectivity index (χ1v) is 5.39. The largest absolute Gasteiger partial charge is 0.497 e. The van der Waals surface area contributed by atoms with Gasteiger partial charge in [-0.2, -0.15) is 0 Å². The van der Waals surface area contributed by atoms with Crippen molar-refractivity contribution in [1.82, 2.24) is 14.6 Å². The standard InChI is InChI=1S/C11H13N3O2/c1-15-8-4-5-14-10(7-8)12-11(13-14)9-3-2-6-16-9/h4-5,7,9H,2-3,6H2,1H3. The molecule has 1 aliphatic heterocycles. The Kier molecular flexibility index (Phi) is 2.25. The Morgan fingerprint density at radius 2 is 2.50 bits per heavy atom. The molecule has 16 heavy (non-hydrogen) atoms. The van der Waals surface area contributed by atoms with E-state index >= 15 is 0 Å². The predicted octanol–water partition coefficient (Wildman–Crippen LogP) is 1.59. The summed E-state index contributed by atoms with van der Waals surface area (Å²) in [5, 5.41) is 4.40. The molecule has 3 heterocycles. The van der Waals surface area contributed by atoms with Crippen LogP contribution in [0.3, 0.4) is 0 Å². The third-order valence-electron chi connectivity index (χ3n) is 2.78. The summed E-state index contributed by atoms with van der Waals surface area (Å²) in [6.45, 7) is 0.809. The lowest BCUT2D eigenvalue weighted by Crippen LogP contribution is -1.98. The van der Waals surface area contributed by atoms with Crippen LogP contribution >= 0.6 is 0 Å². The molecular formula is C11H13N3O2. The normalized spacial score (nSPS) is 20.4. The molecule has 0 spiro atoms. The summed E-state index contributed by atoms with van der Waals surface area (Å²) in [5.74, 6) is 1.56. The maximum Gasteiger partial charge on any atom is 0.180 e. The Morgan fingerprint density at radius 3 is 3.25 bits per heavy atom. The Balaban J connectivity index is 2.01. The first kappa shape index (κ1) is 9.59. The molecule has 0 N–H and O–H groups in total. The van der Waals surface area contributed by atoms with Crippen molar-refractivity contribution in [2.24, 2.45) is 0 Å². The molecule has 0 aromatic carbocycles. The fraction of sp³-hybridized carbons (Fsp3) is 0.455. The summed E-state index contributed by atoms with van der Waals surface area (Å²) in [7, 11) is 1.64. The fourth-order valence-electron chi connectivity index (χ4n) is 1.92. The van der Waals surface area contributed by atoms with Gasteiger partial charge in [0.05, 0.1) is 7.11 Å². The van der Waals surface area contributed by atoms with Crippen LogP contribution in [0.1, 0.15) is 24.8 Å². The average Bonchev–Trinajstić information content (AvgIpc) is 2.96. The highest BCUT2D eigenvalue weighted by Gasteiger charge is 2.22. The number of hydrogen-bond donors (Lipinski definition) is 0. The van der Waals surface area contributed by atoms with E-state index in [1.54, 1.807) is 11.6 Å². The van der Waals surface area contributed by atoms with E-state index in [9.17, 15) is 0 Å². The Hall–Kier alpha value is -1.62. The van der Waals surface area contributed by atoms with Gasteiger partial charge in [-0.15, -0.1) is 5.10 Å². The molecule has 1 atom stereocenters. The molecule has 2 aromatic rings. The van der Waals surface area contributed by atoms with Crippen molar-refractivity contribution < 1.29 is 9.47 Å². The Labute approximate surface area is 93.0 Å². The average molecular weight is 219 g/mol. The fourth-order valence-corrected chi connectivity index (χ4v) is 1.92. The number of aromatic nitrogens is 3. The van der Waals surface area contributed by atoms with Crippen LogP contribution in [-0.2, 0) is 4.74 Å². The van der Waals surface area contributed by atoms with Gasteiger partial charge in [-0.25, -0.2) is 9.50 Å². The van der Waals surface area contributed by atoms with E-state index in [1.165, 1.54) is 0 Å². The molecule has 0 saturated carbocycles. The number of methoxy groups -OCH3 is 1. The van der Waals surface area contributed by atoms with Gasteiger partial charge in [-0.1, -0.05) is 0 Å². The summed E-state index contributed by atoms with van der Waals surface area (Å²) < 4.78 is 12.4. The molecule has 1 aliphatic rings. The summed E-state index contributed by atoms with van der Waals surface area (Å²) in [6.07, 6.45) is 4.00. The Bertz CT molecular complexity index is 503. The second-order valence-electron chi connectivity index (χ2n) is 3.84. The van der Waals surface area contributed by atoms with E-state index in [0.717, 1.165) is 36.7 Å². The molecule has 0 bridgehead atoms. The number of rotatable bonds is 2. The molecule has 0 aliphatic carbocycles. The first-order valence-electron chi connectivity index (χ1n) is 5.39. The minimum absolute atomic E-state index is 0.0610. The molecule has 2 aromatic heterocycles. The van der Waals surface area contributed by atoms with Crippen molar-refractivity contribution in [1.29, 1.82) is 0 Å². The van der Waals surface area contributed by atoms with E-state index in [1.807, 2.05) is 18.3 Å². The minimum Gasteiger partial charge on any atom is -0.497 e. The highest BCUT2D eigenvalue weighted by molar-refractivity contribution is 5.43.